The summed E-state index contributed by atoms with van der Waals surface area (Å²) >= 11 is 0. The van der Waals surface area contributed by atoms with Crippen molar-refractivity contribution in [3.63, 3.8) is 0 Å². The molecule has 5 nitrogen and oxygen atoms in total. The molecule has 0 aliphatic carbocycles. The lowest BCUT2D eigenvalue weighted by molar-refractivity contribution is 0.0302. The highest BCUT2D eigenvalue weighted by molar-refractivity contribution is 5.97. The first-order valence-electron chi connectivity index (χ1n) is 8.76. The van der Waals surface area contributed by atoms with E-state index in [-0.39, 0.29) is 5.91 Å². The van der Waals surface area contributed by atoms with E-state index in [0.29, 0.717) is 43.4 Å². The highest BCUT2D eigenvalue weighted by atomic mass is 16.5. The fourth-order valence-corrected chi connectivity index (χ4v) is 3.44. The van der Waals surface area contributed by atoms with E-state index in [2.05, 4.69) is 26.0 Å². The van der Waals surface area contributed by atoms with E-state index < -0.39 is 0 Å². The van der Waals surface area contributed by atoms with Crippen molar-refractivity contribution in [1.82, 2.24) is 4.90 Å². The zero-order valence-electron chi connectivity index (χ0n) is 15.8. The number of ether oxygens (including phenoxy) is 3. The summed E-state index contributed by atoms with van der Waals surface area (Å²) in [7, 11) is 3.24. The van der Waals surface area contributed by atoms with Crippen molar-refractivity contribution in [1.29, 1.82) is 0 Å². The summed E-state index contributed by atoms with van der Waals surface area (Å²) in [6.07, 6.45) is 0. The van der Waals surface area contributed by atoms with Crippen molar-refractivity contribution in [3.05, 3.63) is 47.0 Å². The van der Waals surface area contributed by atoms with Crippen LogP contribution in [-0.4, -0.2) is 51.3 Å². The molecule has 1 heterocycles. The Kier molecular flexibility index (Phi) is 5.47. The summed E-state index contributed by atoms with van der Waals surface area (Å²) in [6.45, 7) is 6.47. The van der Waals surface area contributed by atoms with Gasteiger partial charge in [-0.3, -0.25) is 4.79 Å². The smallest absolute Gasteiger partial charge is 0.254 e. The molecule has 1 amide bonds. The normalized spacial score (nSPS) is 14.2. The molecule has 2 aromatic rings. The van der Waals surface area contributed by atoms with Gasteiger partial charge in [-0.05, 0) is 42.7 Å². The summed E-state index contributed by atoms with van der Waals surface area (Å²) in [5, 5.41) is 0. The third-order valence-electron chi connectivity index (χ3n) is 4.78. The van der Waals surface area contributed by atoms with Crippen LogP contribution in [0.3, 0.4) is 0 Å². The molecule has 26 heavy (non-hydrogen) atoms. The van der Waals surface area contributed by atoms with E-state index in [4.69, 9.17) is 14.2 Å². The molecule has 0 N–H and O–H groups in total. The molecular formula is C21H25NO4. The third-order valence-corrected chi connectivity index (χ3v) is 4.78. The number of carbonyl (C=O) groups is 1. The summed E-state index contributed by atoms with van der Waals surface area (Å²) < 4.78 is 16.6. The van der Waals surface area contributed by atoms with Gasteiger partial charge in [-0.1, -0.05) is 18.2 Å². The second kappa shape index (κ2) is 7.79. The maximum Gasteiger partial charge on any atom is 0.254 e. The molecule has 138 valence electrons. The summed E-state index contributed by atoms with van der Waals surface area (Å²) in [4.78, 5) is 14.7. The first kappa shape index (κ1) is 18.3. The van der Waals surface area contributed by atoms with Crippen LogP contribution in [0.25, 0.3) is 11.1 Å². The molecule has 0 radical (unpaired) electrons. The molecule has 1 fully saturated rings. The first-order chi connectivity index (χ1) is 12.6. The molecule has 2 aromatic carbocycles. The number of morpholine rings is 1. The molecule has 3 rings (SSSR count). The minimum Gasteiger partial charge on any atom is -0.496 e. The molecule has 5 heteroatoms. The number of methoxy groups -OCH3 is 2. The van der Waals surface area contributed by atoms with Crippen LogP contribution in [-0.2, 0) is 4.74 Å². The molecule has 0 unspecified atom stereocenters. The maximum atomic E-state index is 12.9. The van der Waals surface area contributed by atoms with Crippen molar-refractivity contribution in [2.45, 2.75) is 13.8 Å². The average molecular weight is 355 g/mol. The summed E-state index contributed by atoms with van der Waals surface area (Å²) in [6, 6.07) is 9.77. The van der Waals surface area contributed by atoms with Gasteiger partial charge in [0.2, 0.25) is 0 Å². The summed E-state index contributed by atoms with van der Waals surface area (Å²) in [5.41, 5.74) is 4.79. The third kappa shape index (κ3) is 3.40. The molecule has 1 aliphatic rings. The Morgan fingerprint density at radius 2 is 1.50 bits per heavy atom. The molecule has 0 aromatic heterocycles. The lowest BCUT2D eigenvalue weighted by atomic mass is 9.93. The fourth-order valence-electron chi connectivity index (χ4n) is 3.44. The Bertz CT molecular complexity index is 764. The number of hydrogen-bond donors (Lipinski definition) is 0. The van der Waals surface area contributed by atoms with Crippen LogP contribution in [0.4, 0.5) is 0 Å². The standard InChI is InChI=1S/C21H25NO4/c1-14-6-5-7-15(2)19(14)20-17(24-3)12-16(13-18(20)25-4)21(23)22-8-10-26-11-9-22/h5-7,12-13H,8-11H2,1-4H3. The van der Waals surface area contributed by atoms with Crippen molar-refractivity contribution in [3.8, 4) is 22.6 Å². The Morgan fingerprint density at radius 1 is 0.962 bits per heavy atom. The SMILES string of the molecule is COc1cc(C(=O)N2CCOCC2)cc(OC)c1-c1c(C)cccc1C. The monoisotopic (exact) mass is 355 g/mol. The Balaban J connectivity index is 2.11. The summed E-state index contributed by atoms with van der Waals surface area (Å²) in [5.74, 6) is 1.25. The maximum absolute atomic E-state index is 12.9. The van der Waals surface area contributed by atoms with Crippen molar-refractivity contribution in [2.75, 3.05) is 40.5 Å². The number of benzene rings is 2. The van der Waals surface area contributed by atoms with Crippen LogP contribution < -0.4 is 9.47 Å². The van der Waals surface area contributed by atoms with E-state index in [1.165, 1.54) is 0 Å². The molecule has 0 bridgehead atoms. The number of rotatable bonds is 4. The quantitative estimate of drug-likeness (QED) is 0.843. The highest BCUT2D eigenvalue weighted by Gasteiger charge is 2.24. The van der Waals surface area contributed by atoms with Gasteiger partial charge in [0.15, 0.2) is 0 Å². The minimum atomic E-state index is -0.0297. The van der Waals surface area contributed by atoms with Crippen molar-refractivity contribution >= 4 is 5.91 Å². The molecule has 1 aliphatic heterocycles. The van der Waals surface area contributed by atoms with Crippen LogP contribution in [0, 0.1) is 13.8 Å². The second-order valence-electron chi connectivity index (χ2n) is 6.43. The molecule has 0 spiro atoms. The van der Waals surface area contributed by atoms with Gasteiger partial charge in [0.05, 0.1) is 33.0 Å². The van der Waals surface area contributed by atoms with E-state index in [1.807, 2.05) is 18.2 Å². The van der Waals surface area contributed by atoms with Crippen molar-refractivity contribution in [2.24, 2.45) is 0 Å². The Hall–Kier alpha value is -2.53. The zero-order chi connectivity index (χ0) is 18.7. The van der Waals surface area contributed by atoms with Crippen LogP contribution in [0.2, 0.25) is 0 Å². The van der Waals surface area contributed by atoms with Crippen LogP contribution in [0.1, 0.15) is 21.5 Å². The van der Waals surface area contributed by atoms with Crippen LogP contribution in [0.5, 0.6) is 11.5 Å². The van der Waals surface area contributed by atoms with E-state index in [0.717, 1.165) is 22.3 Å². The zero-order valence-corrected chi connectivity index (χ0v) is 15.8. The fraction of sp³-hybridized carbons (Fsp3) is 0.381. The number of nitrogens with zero attached hydrogens (tertiary/aromatic N) is 1. The Morgan fingerprint density at radius 3 is 2.00 bits per heavy atom. The predicted octanol–water partition coefficient (Wildman–Crippen LogP) is 3.46. The highest BCUT2D eigenvalue weighted by Crippen LogP contribution is 2.42. The lowest BCUT2D eigenvalue weighted by Gasteiger charge is -2.27. The molecule has 0 atom stereocenters. The van der Waals surface area contributed by atoms with Crippen LogP contribution in [0.15, 0.2) is 30.3 Å². The molecule has 0 saturated carbocycles. The Labute approximate surface area is 154 Å². The molecular weight excluding hydrogens is 330 g/mol. The lowest BCUT2D eigenvalue weighted by Crippen LogP contribution is -2.40. The van der Waals surface area contributed by atoms with Gasteiger partial charge in [-0.25, -0.2) is 0 Å². The molecule has 1 saturated heterocycles. The van der Waals surface area contributed by atoms with E-state index >= 15 is 0 Å². The second-order valence-corrected chi connectivity index (χ2v) is 6.43. The predicted molar refractivity (Wildman–Crippen MR) is 101 cm³/mol. The minimum absolute atomic E-state index is 0.0297. The van der Waals surface area contributed by atoms with Crippen molar-refractivity contribution < 1.29 is 19.0 Å². The van der Waals surface area contributed by atoms with Gasteiger partial charge >= 0.3 is 0 Å². The van der Waals surface area contributed by atoms with Gasteiger partial charge in [0.1, 0.15) is 11.5 Å². The first-order valence-corrected chi connectivity index (χ1v) is 8.76. The number of carbonyl (C=O) groups excluding carboxylic acids is 1. The number of hydrogen-bond acceptors (Lipinski definition) is 4. The van der Waals surface area contributed by atoms with E-state index in [1.54, 1.807) is 19.1 Å². The van der Waals surface area contributed by atoms with Gasteiger partial charge < -0.3 is 19.1 Å². The van der Waals surface area contributed by atoms with Crippen LogP contribution >= 0.6 is 0 Å². The largest absolute Gasteiger partial charge is 0.496 e. The van der Waals surface area contributed by atoms with E-state index in [9.17, 15) is 4.79 Å². The van der Waals surface area contributed by atoms with Gasteiger partial charge in [0.25, 0.3) is 5.91 Å². The topological polar surface area (TPSA) is 48.0 Å². The van der Waals surface area contributed by atoms with Gasteiger partial charge in [-0.2, -0.15) is 0 Å². The van der Waals surface area contributed by atoms with Gasteiger partial charge in [-0.15, -0.1) is 0 Å². The average Bonchev–Trinajstić information content (AvgIpc) is 2.67. The number of amides is 1. The van der Waals surface area contributed by atoms with Gasteiger partial charge in [0, 0.05) is 18.7 Å². The number of aryl methyl sites for hydroxylation is 2.